The Morgan fingerprint density at radius 1 is 1.11 bits per heavy atom. The van der Waals surface area contributed by atoms with Crippen molar-refractivity contribution in [1.82, 2.24) is 4.98 Å². The predicted molar refractivity (Wildman–Crippen MR) is 64.1 cm³/mol. The van der Waals surface area contributed by atoms with Crippen LogP contribution in [0.25, 0.3) is 0 Å². The summed E-state index contributed by atoms with van der Waals surface area (Å²) in [5.74, 6) is -0.359. The lowest BCUT2D eigenvalue weighted by atomic mass is 10.0. The second-order valence-electron chi connectivity index (χ2n) is 3.64. The summed E-state index contributed by atoms with van der Waals surface area (Å²) in [6.45, 7) is 0. The molecule has 0 radical (unpaired) electrons. The number of aromatic nitrogens is 1. The van der Waals surface area contributed by atoms with Crippen molar-refractivity contribution >= 4 is 17.4 Å². The highest BCUT2D eigenvalue weighted by molar-refractivity contribution is 6.31. The maximum atomic E-state index is 12.6. The van der Waals surface area contributed by atoms with E-state index in [2.05, 4.69) is 4.98 Å². The zero-order chi connectivity index (χ0) is 13.1. The lowest BCUT2D eigenvalue weighted by Gasteiger charge is -2.05. The Kier molecular flexibility index (Phi) is 3.67. The van der Waals surface area contributed by atoms with E-state index in [9.17, 15) is 13.6 Å². The van der Waals surface area contributed by atoms with Gasteiger partial charge in [-0.15, -0.1) is 0 Å². The van der Waals surface area contributed by atoms with Gasteiger partial charge < -0.3 is 0 Å². The molecule has 0 amide bonds. The number of halogens is 3. The maximum Gasteiger partial charge on any atom is 0.263 e. The van der Waals surface area contributed by atoms with Crippen LogP contribution >= 0.6 is 11.6 Å². The maximum absolute atomic E-state index is 12.6. The van der Waals surface area contributed by atoms with Crippen LogP contribution < -0.4 is 0 Å². The fourth-order valence-corrected chi connectivity index (χ4v) is 1.78. The van der Waals surface area contributed by atoms with Gasteiger partial charge >= 0.3 is 0 Å². The number of pyridine rings is 1. The van der Waals surface area contributed by atoms with Gasteiger partial charge in [-0.3, -0.25) is 9.78 Å². The SMILES string of the molecule is O=C(c1ccncc1)c1cc(Cl)cc(C(F)F)c1. The first-order chi connectivity index (χ1) is 8.58. The first-order valence-corrected chi connectivity index (χ1v) is 5.49. The van der Waals surface area contributed by atoms with Crippen molar-refractivity contribution in [2.75, 3.05) is 0 Å². The third kappa shape index (κ3) is 2.71. The topological polar surface area (TPSA) is 30.0 Å². The highest BCUT2D eigenvalue weighted by Gasteiger charge is 2.14. The highest BCUT2D eigenvalue weighted by Crippen LogP contribution is 2.25. The molecular weight excluding hydrogens is 260 g/mol. The van der Waals surface area contributed by atoms with Crippen molar-refractivity contribution in [3.8, 4) is 0 Å². The van der Waals surface area contributed by atoms with Crippen LogP contribution in [0.1, 0.15) is 27.9 Å². The van der Waals surface area contributed by atoms with E-state index >= 15 is 0 Å². The number of alkyl halides is 2. The minimum absolute atomic E-state index is 0.116. The molecular formula is C13H8ClF2NO. The molecule has 0 unspecified atom stereocenters. The van der Waals surface area contributed by atoms with Crippen LogP contribution in [0.3, 0.4) is 0 Å². The zero-order valence-electron chi connectivity index (χ0n) is 9.11. The number of nitrogens with zero attached hydrogens (tertiary/aromatic N) is 1. The highest BCUT2D eigenvalue weighted by atomic mass is 35.5. The molecule has 2 nitrogen and oxygen atoms in total. The lowest BCUT2D eigenvalue weighted by molar-refractivity contribution is 0.103. The molecule has 92 valence electrons. The van der Waals surface area contributed by atoms with E-state index in [-0.39, 0.29) is 21.9 Å². The molecule has 1 heterocycles. The van der Waals surface area contributed by atoms with Crippen LogP contribution in [0.2, 0.25) is 5.02 Å². The molecule has 5 heteroatoms. The number of carbonyl (C=O) groups is 1. The first kappa shape index (κ1) is 12.6. The number of carbonyl (C=O) groups excluding carboxylic acids is 1. The smallest absolute Gasteiger partial charge is 0.263 e. The van der Waals surface area contributed by atoms with Gasteiger partial charge in [0.25, 0.3) is 6.43 Å². The molecule has 0 saturated heterocycles. The predicted octanol–water partition coefficient (Wildman–Crippen LogP) is 3.90. The molecule has 0 atom stereocenters. The summed E-state index contributed by atoms with van der Waals surface area (Å²) < 4.78 is 25.2. The third-order valence-corrected chi connectivity index (χ3v) is 2.60. The van der Waals surface area contributed by atoms with Crippen molar-refractivity contribution in [3.63, 3.8) is 0 Å². The average Bonchev–Trinajstić information content (AvgIpc) is 2.38. The van der Waals surface area contributed by atoms with E-state index in [1.807, 2.05) is 0 Å². The Bertz CT molecular complexity index is 572. The van der Waals surface area contributed by atoms with Crippen molar-refractivity contribution < 1.29 is 13.6 Å². The number of hydrogen-bond donors (Lipinski definition) is 0. The molecule has 0 saturated carbocycles. The monoisotopic (exact) mass is 267 g/mol. The van der Waals surface area contributed by atoms with Gasteiger partial charge in [-0.05, 0) is 30.3 Å². The van der Waals surface area contributed by atoms with Gasteiger partial charge in [0.15, 0.2) is 5.78 Å². The molecule has 1 aromatic heterocycles. The Morgan fingerprint density at radius 3 is 2.39 bits per heavy atom. The molecule has 2 aromatic rings. The zero-order valence-corrected chi connectivity index (χ0v) is 9.86. The summed E-state index contributed by atoms with van der Waals surface area (Å²) in [6, 6.07) is 6.71. The second-order valence-corrected chi connectivity index (χ2v) is 4.08. The molecule has 0 aliphatic heterocycles. The number of hydrogen-bond acceptors (Lipinski definition) is 2. The van der Waals surface area contributed by atoms with Crippen LogP contribution in [-0.4, -0.2) is 10.8 Å². The normalized spacial score (nSPS) is 10.7. The van der Waals surface area contributed by atoms with Crippen LogP contribution in [-0.2, 0) is 0 Å². The van der Waals surface area contributed by atoms with E-state index in [1.165, 1.54) is 30.6 Å². The van der Waals surface area contributed by atoms with Crippen molar-refractivity contribution in [2.24, 2.45) is 0 Å². The van der Waals surface area contributed by atoms with Crippen molar-refractivity contribution in [3.05, 3.63) is 64.4 Å². The van der Waals surface area contributed by atoms with Crippen LogP contribution in [0, 0.1) is 0 Å². The van der Waals surface area contributed by atoms with Crippen molar-refractivity contribution in [1.29, 1.82) is 0 Å². The number of ketones is 1. The fraction of sp³-hybridized carbons (Fsp3) is 0.0769. The molecule has 0 N–H and O–H groups in total. The molecule has 2 rings (SSSR count). The Morgan fingerprint density at radius 2 is 1.78 bits per heavy atom. The second kappa shape index (κ2) is 5.23. The minimum atomic E-state index is -2.66. The van der Waals surface area contributed by atoms with E-state index in [1.54, 1.807) is 0 Å². The first-order valence-electron chi connectivity index (χ1n) is 5.11. The van der Waals surface area contributed by atoms with E-state index in [0.29, 0.717) is 5.56 Å². The molecule has 0 aliphatic rings. The van der Waals surface area contributed by atoms with E-state index in [4.69, 9.17) is 11.6 Å². The molecule has 1 aromatic carbocycles. The Hall–Kier alpha value is -1.81. The van der Waals surface area contributed by atoms with Gasteiger partial charge in [-0.25, -0.2) is 8.78 Å². The van der Waals surface area contributed by atoms with Crippen LogP contribution in [0.4, 0.5) is 8.78 Å². The average molecular weight is 268 g/mol. The Labute approximate surface area is 107 Å². The Balaban J connectivity index is 2.42. The summed E-state index contributed by atoms with van der Waals surface area (Å²) in [5, 5.41) is 0.116. The molecule has 0 aliphatic carbocycles. The van der Waals surface area contributed by atoms with Gasteiger partial charge in [0.1, 0.15) is 0 Å². The van der Waals surface area contributed by atoms with Gasteiger partial charge in [0.2, 0.25) is 0 Å². The van der Waals surface area contributed by atoms with Crippen molar-refractivity contribution in [2.45, 2.75) is 6.43 Å². The summed E-state index contributed by atoms with van der Waals surface area (Å²) in [7, 11) is 0. The fourth-order valence-electron chi connectivity index (χ4n) is 1.54. The summed E-state index contributed by atoms with van der Waals surface area (Å²) >= 11 is 5.73. The lowest BCUT2D eigenvalue weighted by Crippen LogP contribution is -2.02. The van der Waals surface area contributed by atoms with E-state index in [0.717, 1.165) is 12.1 Å². The van der Waals surface area contributed by atoms with E-state index < -0.39 is 6.43 Å². The van der Waals surface area contributed by atoms with Gasteiger partial charge in [-0.2, -0.15) is 0 Å². The van der Waals surface area contributed by atoms with Gasteiger partial charge in [0.05, 0.1) is 0 Å². The minimum Gasteiger partial charge on any atom is -0.289 e. The standard InChI is InChI=1S/C13H8ClF2NO/c14-11-6-9(5-10(7-11)13(15)16)12(18)8-1-3-17-4-2-8/h1-7,13H. The molecule has 0 fully saturated rings. The van der Waals surface area contributed by atoms with Gasteiger partial charge in [0, 0.05) is 34.1 Å². The summed E-state index contributed by atoms with van der Waals surface area (Å²) in [5.41, 5.74) is 0.261. The third-order valence-electron chi connectivity index (χ3n) is 2.38. The van der Waals surface area contributed by atoms with Crippen LogP contribution in [0.15, 0.2) is 42.7 Å². The summed E-state index contributed by atoms with van der Waals surface area (Å²) in [6.07, 6.45) is 0.269. The number of benzene rings is 1. The number of rotatable bonds is 3. The van der Waals surface area contributed by atoms with Crippen LogP contribution in [0.5, 0.6) is 0 Å². The summed E-state index contributed by atoms with van der Waals surface area (Å²) in [4.78, 5) is 15.8. The molecule has 18 heavy (non-hydrogen) atoms. The molecule has 0 spiro atoms. The molecule has 0 bridgehead atoms. The van der Waals surface area contributed by atoms with Gasteiger partial charge in [-0.1, -0.05) is 11.6 Å². The quantitative estimate of drug-likeness (QED) is 0.790. The largest absolute Gasteiger partial charge is 0.289 e.